The predicted octanol–water partition coefficient (Wildman–Crippen LogP) is 2.87. The van der Waals surface area contributed by atoms with Crippen molar-refractivity contribution in [1.82, 2.24) is 20.1 Å². The Bertz CT molecular complexity index is 737. The van der Waals surface area contributed by atoms with Crippen LogP contribution in [0.4, 0.5) is 0 Å². The van der Waals surface area contributed by atoms with E-state index in [9.17, 15) is 4.79 Å². The van der Waals surface area contributed by atoms with E-state index in [-0.39, 0.29) is 23.8 Å². The summed E-state index contributed by atoms with van der Waals surface area (Å²) in [7, 11) is 0. The molecule has 7 heteroatoms. The van der Waals surface area contributed by atoms with Crippen LogP contribution in [0.15, 0.2) is 24.3 Å². The molecule has 0 aliphatic heterocycles. The summed E-state index contributed by atoms with van der Waals surface area (Å²) in [4.78, 5) is 17.0. The number of benzene rings is 1. The maximum absolute atomic E-state index is 12.6. The Kier molecular flexibility index (Phi) is 5.71. The van der Waals surface area contributed by atoms with Crippen LogP contribution in [0.25, 0.3) is 5.69 Å². The first-order valence-corrected chi connectivity index (χ1v) is 9.23. The Morgan fingerprint density at radius 3 is 2.72 bits per heavy atom. The molecule has 0 spiro atoms. The van der Waals surface area contributed by atoms with Crippen molar-refractivity contribution in [2.24, 2.45) is 5.73 Å². The van der Waals surface area contributed by atoms with Crippen molar-refractivity contribution in [1.29, 1.82) is 0 Å². The molecule has 1 aromatic heterocycles. The largest absolute Gasteiger partial charge is 0.347 e. The second-order valence-corrected chi connectivity index (χ2v) is 6.96. The van der Waals surface area contributed by atoms with Gasteiger partial charge in [0.1, 0.15) is 5.82 Å². The minimum absolute atomic E-state index is 0.147. The van der Waals surface area contributed by atoms with Gasteiger partial charge >= 0.3 is 0 Å². The van der Waals surface area contributed by atoms with Gasteiger partial charge in [-0.1, -0.05) is 30.7 Å². The van der Waals surface area contributed by atoms with Gasteiger partial charge in [0.2, 0.25) is 5.82 Å². The van der Waals surface area contributed by atoms with Gasteiger partial charge in [0.05, 0.1) is 10.7 Å². The third kappa shape index (κ3) is 4.19. The molecule has 1 aliphatic carbocycles. The monoisotopic (exact) mass is 361 g/mol. The average Bonchev–Trinajstić information content (AvgIpc) is 3.02. The fourth-order valence-corrected chi connectivity index (χ4v) is 3.37. The van der Waals surface area contributed by atoms with Gasteiger partial charge in [-0.25, -0.2) is 9.67 Å². The molecule has 0 saturated heterocycles. The highest BCUT2D eigenvalue weighted by molar-refractivity contribution is 6.32. The van der Waals surface area contributed by atoms with Gasteiger partial charge < -0.3 is 11.1 Å². The maximum Gasteiger partial charge on any atom is 0.291 e. The number of halogens is 1. The lowest BCUT2D eigenvalue weighted by Gasteiger charge is -2.26. The van der Waals surface area contributed by atoms with E-state index in [0.717, 1.165) is 50.0 Å². The number of aryl methyl sites for hydroxylation is 1. The van der Waals surface area contributed by atoms with Crippen LogP contribution >= 0.6 is 11.6 Å². The number of carbonyl (C=O) groups is 1. The molecule has 2 aromatic rings. The Morgan fingerprint density at radius 2 is 2.04 bits per heavy atom. The molecular formula is C18H24ClN5O. The molecule has 0 atom stereocenters. The van der Waals surface area contributed by atoms with E-state index < -0.39 is 0 Å². The zero-order valence-corrected chi connectivity index (χ0v) is 15.2. The number of para-hydroxylation sites is 1. The molecule has 3 rings (SSSR count). The normalized spacial score (nSPS) is 20.4. The topological polar surface area (TPSA) is 85.8 Å². The van der Waals surface area contributed by atoms with E-state index >= 15 is 0 Å². The summed E-state index contributed by atoms with van der Waals surface area (Å²) in [5, 5.41) is 8.04. The molecule has 0 bridgehead atoms. The minimum Gasteiger partial charge on any atom is -0.347 e. The third-order valence-corrected chi connectivity index (χ3v) is 4.86. The molecule has 1 aromatic carbocycles. The number of nitrogens with two attached hydrogens (primary N) is 1. The van der Waals surface area contributed by atoms with E-state index in [1.54, 1.807) is 10.7 Å². The number of rotatable bonds is 5. The van der Waals surface area contributed by atoms with Crippen LogP contribution in [0, 0.1) is 0 Å². The smallest absolute Gasteiger partial charge is 0.291 e. The van der Waals surface area contributed by atoms with Crippen LogP contribution in [0.2, 0.25) is 5.02 Å². The summed E-state index contributed by atoms with van der Waals surface area (Å²) in [6.07, 6.45) is 5.31. The SMILES string of the molecule is CCCc1nc(C(=O)NC2CCC(N)CC2)nn1-c1ccccc1Cl. The highest BCUT2D eigenvalue weighted by atomic mass is 35.5. The van der Waals surface area contributed by atoms with Gasteiger partial charge in [0.15, 0.2) is 0 Å². The number of amides is 1. The van der Waals surface area contributed by atoms with E-state index in [0.29, 0.717) is 5.02 Å². The standard InChI is InChI=1S/C18H24ClN5O/c1-2-5-16-22-17(18(25)21-13-10-8-12(20)9-11-13)23-24(16)15-7-4-3-6-14(15)19/h3-4,6-7,12-13H,2,5,8-11,20H2,1H3,(H,21,25). The molecule has 0 unspecified atom stereocenters. The van der Waals surface area contributed by atoms with Gasteiger partial charge in [-0.05, 0) is 44.2 Å². The van der Waals surface area contributed by atoms with Gasteiger partial charge in [-0.3, -0.25) is 4.79 Å². The second kappa shape index (κ2) is 7.97. The van der Waals surface area contributed by atoms with Crippen molar-refractivity contribution in [3.8, 4) is 5.69 Å². The number of nitrogens with zero attached hydrogens (tertiary/aromatic N) is 3. The minimum atomic E-state index is -0.233. The summed E-state index contributed by atoms with van der Waals surface area (Å²) in [5.41, 5.74) is 6.66. The number of hydrogen-bond acceptors (Lipinski definition) is 4. The fourth-order valence-electron chi connectivity index (χ4n) is 3.16. The predicted molar refractivity (Wildman–Crippen MR) is 98.1 cm³/mol. The molecule has 0 radical (unpaired) electrons. The second-order valence-electron chi connectivity index (χ2n) is 6.55. The molecule has 1 heterocycles. The van der Waals surface area contributed by atoms with Crippen LogP contribution in [0.3, 0.4) is 0 Å². The van der Waals surface area contributed by atoms with Crippen molar-refractivity contribution in [2.45, 2.75) is 57.5 Å². The van der Waals surface area contributed by atoms with Crippen LogP contribution in [-0.4, -0.2) is 32.8 Å². The molecule has 1 saturated carbocycles. The van der Waals surface area contributed by atoms with Gasteiger partial charge in [-0.2, -0.15) is 0 Å². The number of hydrogen-bond donors (Lipinski definition) is 2. The summed E-state index contributed by atoms with van der Waals surface area (Å²) >= 11 is 6.29. The molecule has 1 amide bonds. The molecule has 25 heavy (non-hydrogen) atoms. The quantitative estimate of drug-likeness (QED) is 0.857. The highest BCUT2D eigenvalue weighted by Crippen LogP contribution is 2.21. The third-order valence-electron chi connectivity index (χ3n) is 4.54. The fraction of sp³-hybridized carbons (Fsp3) is 0.500. The van der Waals surface area contributed by atoms with E-state index in [1.807, 2.05) is 18.2 Å². The highest BCUT2D eigenvalue weighted by Gasteiger charge is 2.23. The maximum atomic E-state index is 12.6. The summed E-state index contributed by atoms with van der Waals surface area (Å²) in [6.45, 7) is 2.07. The zero-order valence-electron chi connectivity index (χ0n) is 14.4. The Hall–Kier alpha value is -1.92. The lowest BCUT2D eigenvalue weighted by atomic mass is 9.92. The molecule has 1 aliphatic rings. The van der Waals surface area contributed by atoms with Gasteiger partial charge in [0, 0.05) is 18.5 Å². The first-order valence-electron chi connectivity index (χ1n) is 8.85. The Morgan fingerprint density at radius 1 is 1.32 bits per heavy atom. The lowest BCUT2D eigenvalue weighted by molar-refractivity contribution is 0.0915. The Labute approximate surface area is 152 Å². The molecule has 134 valence electrons. The zero-order chi connectivity index (χ0) is 17.8. The number of carbonyl (C=O) groups excluding carboxylic acids is 1. The van der Waals surface area contributed by atoms with Crippen molar-refractivity contribution in [2.75, 3.05) is 0 Å². The average molecular weight is 362 g/mol. The molecule has 3 N–H and O–H groups in total. The molecule has 1 fully saturated rings. The first-order chi connectivity index (χ1) is 12.1. The van der Waals surface area contributed by atoms with Crippen LogP contribution in [0.5, 0.6) is 0 Å². The van der Waals surface area contributed by atoms with Crippen molar-refractivity contribution >= 4 is 17.5 Å². The van der Waals surface area contributed by atoms with E-state index in [1.165, 1.54) is 0 Å². The molecular weight excluding hydrogens is 338 g/mol. The van der Waals surface area contributed by atoms with Gasteiger partial charge in [0.25, 0.3) is 5.91 Å². The summed E-state index contributed by atoms with van der Waals surface area (Å²) in [5.74, 6) is 0.702. The van der Waals surface area contributed by atoms with Crippen molar-refractivity contribution < 1.29 is 4.79 Å². The summed E-state index contributed by atoms with van der Waals surface area (Å²) in [6, 6.07) is 7.84. The van der Waals surface area contributed by atoms with Gasteiger partial charge in [-0.15, -0.1) is 5.10 Å². The number of aromatic nitrogens is 3. The van der Waals surface area contributed by atoms with E-state index in [2.05, 4.69) is 22.3 Å². The van der Waals surface area contributed by atoms with Crippen molar-refractivity contribution in [3.05, 3.63) is 40.9 Å². The van der Waals surface area contributed by atoms with Crippen molar-refractivity contribution in [3.63, 3.8) is 0 Å². The first kappa shape index (κ1) is 17.9. The Balaban J connectivity index is 1.81. The lowest BCUT2D eigenvalue weighted by Crippen LogP contribution is -2.40. The van der Waals surface area contributed by atoms with E-state index in [4.69, 9.17) is 17.3 Å². The van der Waals surface area contributed by atoms with Crippen LogP contribution < -0.4 is 11.1 Å². The number of nitrogens with one attached hydrogen (secondary N) is 1. The van der Waals surface area contributed by atoms with Crippen LogP contribution in [0.1, 0.15) is 55.5 Å². The van der Waals surface area contributed by atoms with Crippen LogP contribution in [-0.2, 0) is 6.42 Å². The summed E-state index contributed by atoms with van der Waals surface area (Å²) < 4.78 is 1.68. The molecule has 6 nitrogen and oxygen atoms in total.